The molecule has 0 bridgehead atoms. The molecule has 0 aliphatic heterocycles. The number of amides is 1. The first-order chi connectivity index (χ1) is 13.4. The minimum absolute atomic E-state index is 0.0225. The fraction of sp³-hybridized carbons (Fsp3) is 0.381. The Morgan fingerprint density at radius 2 is 2.04 bits per heavy atom. The van der Waals surface area contributed by atoms with Crippen molar-refractivity contribution in [1.29, 1.82) is 0 Å². The summed E-state index contributed by atoms with van der Waals surface area (Å²) in [6.07, 6.45) is 3.14. The van der Waals surface area contributed by atoms with Crippen LogP contribution in [0.15, 0.2) is 47.7 Å². The number of fused-ring (bicyclic) bond motifs is 1. The van der Waals surface area contributed by atoms with E-state index in [1.165, 1.54) is 6.08 Å². The third kappa shape index (κ3) is 4.24. The highest BCUT2D eigenvalue weighted by Gasteiger charge is 2.33. The number of alkyl halides is 3. The second kappa shape index (κ2) is 7.37. The first-order valence-corrected chi connectivity index (χ1v) is 9.41. The topological polar surface area (TPSA) is 54.1 Å². The Bertz CT molecular complexity index is 952. The molecule has 7 heteroatoms. The van der Waals surface area contributed by atoms with Crippen LogP contribution in [0.2, 0.25) is 0 Å². The normalized spacial score (nSPS) is 17.2. The van der Waals surface area contributed by atoms with Gasteiger partial charge in [-0.1, -0.05) is 17.7 Å². The van der Waals surface area contributed by atoms with Gasteiger partial charge in [0.05, 0.1) is 12.3 Å². The number of anilines is 1. The molecule has 1 aromatic carbocycles. The maximum atomic E-state index is 12.7. The number of carbonyl (C=O) groups is 1. The highest BCUT2D eigenvalue weighted by Crippen LogP contribution is 2.34. The molecule has 148 valence electrons. The molecule has 1 amide bonds. The van der Waals surface area contributed by atoms with Crippen LogP contribution in [-0.4, -0.2) is 23.7 Å². The average Bonchev–Trinajstić information content (AvgIpc) is 3.45. The van der Waals surface area contributed by atoms with Crippen LogP contribution in [0.25, 0.3) is 10.9 Å². The SMILES string of the molecule is O=C(Nc1c[nH]c2ccc(OCCC3=CC=C(C(F)(F)F)CC3)cc12)C1CC1. The van der Waals surface area contributed by atoms with E-state index in [9.17, 15) is 18.0 Å². The highest BCUT2D eigenvalue weighted by atomic mass is 19.4. The smallest absolute Gasteiger partial charge is 0.412 e. The van der Waals surface area contributed by atoms with E-state index in [1.54, 1.807) is 12.3 Å². The second-order valence-electron chi connectivity index (χ2n) is 7.29. The third-order valence-corrected chi connectivity index (χ3v) is 5.15. The molecular weight excluding hydrogens is 369 g/mol. The van der Waals surface area contributed by atoms with E-state index in [0.29, 0.717) is 25.2 Å². The van der Waals surface area contributed by atoms with Crippen LogP contribution in [-0.2, 0) is 4.79 Å². The Kier molecular flexibility index (Phi) is 4.91. The van der Waals surface area contributed by atoms with Gasteiger partial charge in [0.15, 0.2) is 0 Å². The van der Waals surface area contributed by atoms with Crippen molar-refractivity contribution >= 4 is 22.5 Å². The number of benzene rings is 1. The molecule has 0 spiro atoms. The van der Waals surface area contributed by atoms with Crippen molar-refractivity contribution in [2.24, 2.45) is 5.92 Å². The van der Waals surface area contributed by atoms with Crippen LogP contribution in [0, 0.1) is 5.92 Å². The molecular formula is C21H21F3N2O2. The molecule has 0 unspecified atom stereocenters. The zero-order valence-electron chi connectivity index (χ0n) is 15.2. The quantitative estimate of drug-likeness (QED) is 0.685. The first kappa shape index (κ1) is 18.7. The van der Waals surface area contributed by atoms with Gasteiger partial charge in [0.25, 0.3) is 0 Å². The predicted molar refractivity (Wildman–Crippen MR) is 101 cm³/mol. The number of rotatable bonds is 6. The largest absolute Gasteiger partial charge is 0.493 e. The van der Waals surface area contributed by atoms with E-state index < -0.39 is 11.7 Å². The monoisotopic (exact) mass is 390 g/mol. The van der Waals surface area contributed by atoms with E-state index in [1.807, 2.05) is 18.2 Å². The zero-order chi connectivity index (χ0) is 19.7. The molecule has 0 radical (unpaired) electrons. The summed E-state index contributed by atoms with van der Waals surface area (Å²) in [5.41, 5.74) is 2.11. The van der Waals surface area contributed by atoms with E-state index in [4.69, 9.17) is 4.74 Å². The summed E-state index contributed by atoms with van der Waals surface area (Å²) in [5, 5.41) is 3.82. The Balaban J connectivity index is 1.37. The molecule has 4 rings (SSSR count). The molecule has 2 aromatic rings. The third-order valence-electron chi connectivity index (χ3n) is 5.15. The number of carbonyl (C=O) groups excluding carboxylic acids is 1. The van der Waals surface area contributed by atoms with Crippen LogP contribution in [0.4, 0.5) is 18.9 Å². The van der Waals surface area contributed by atoms with Gasteiger partial charge < -0.3 is 15.0 Å². The van der Waals surface area contributed by atoms with Crippen molar-refractivity contribution in [3.05, 3.63) is 47.7 Å². The van der Waals surface area contributed by atoms with Crippen LogP contribution in [0.5, 0.6) is 5.75 Å². The first-order valence-electron chi connectivity index (χ1n) is 9.41. The van der Waals surface area contributed by atoms with Gasteiger partial charge in [-0.05, 0) is 43.9 Å². The van der Waals surface area contributed by atoms with Gasteiger partial charge in [-0.3, -0.25) is 4.79 Å². The molecule has 2 aliphatic carbocycles. The number of H-pyrrole nitrogens is 1. The number of aromatic amines is 1. The molecule has 2 aliphatic rings. The Hall–Kier alpha value is -2.70. The predicted octanol–water partition coefficient (Wildman–Crippen LogP) is 5.49. The lowest BCUT2D eigenvalue weighted by molar-refractivity contribution is -0.117. The zero-order valence-corrected chi connectivity index (χ0v) is 15.2. The molecule has 28 heavy (non-hydrogen) atoms. The highest BCUT2D eigenvalue weighted by molar-refractivity contribution is 6.03. The van der Waals surface area contributed by atoms with Crippen molar-refractivity contribution in [3.63, 3.8) is 0 Å². The lowest BCUT2D eigenvalue weighted by Crippen LogP contribution is -2.14. The Labute approximate surface area is 160 Å². The maximum Gasteiger partial charge on any atom is 0.412 e. The minimum atomic E-state index is -4.24. The van der Waals surface area contributed by atoms with Crippen LogP contribution >= 0.6 is 0 Å². The number of aromatic nitrogens is 1. The average molecular weight is 390 g/mol. The molecule has 4 nitrogen and oxygen atoms in total. The Morgan fingerprint density at radius 3 is 2.71 bits per heavy atom. The van der Waals surface area contributed by atoms with Gasteiger partial charge in [0.2, 0.25) is 5.91 Å². The number of hydrogen-bond acceptors (Lipinski definition) is 2. The molecule has 1 fully saturated rings. The second-order valence-corrected chi connectivity index (χ2v) is 7.29. The summed E-state index contributed by atoms with van der Waals surface area (Å²) in [5.74, 6) is 0.833. The van der Waals surface area contributed by atoms with Gasteiger partial charge >= 0.3 is 6.18 Å². The summed E-state index contributed by atoms with van der Waals surface area (Å²) in [6.45, 7) is 0.390. The summed E-state index contributed by atoms with van der Waals surface area (Å²) < 4.78 is 43.7. The van der Waals surface area contributed by atoms with Gasteiger partial charge in [-0.15, -0.1) is 0 Å². The van der Waals surface area contributed by atoms with Gasteiger partial charge in [0, 0.05) is 35.0 Å². The lowest BCUT2D eigenvalue weighted by Gasteiger charge is -2.17. The Morgan fingerprint density at radius 1 is 1.21 bits per heavy atom. The molecule has 0 saturated heterocycles. The van der Waals surface area contributed by atoms with Crippen molar-refractivity contribution in [1.82, 2.24) is 4.98 Å². The van der Waals surface area contributed by atoms with Crippen LogP contribution in [0.1, 0.15) is 32.1 Å². The molecule has 2 N–H and O–H groups in total. The van der Waals surface area contributed by atoms with Crippen molar-refractivity contribution in [2.75, 3.05) is 11.9 Å². The molecule has 1 aromatic heterocycles. The van der Waals surface area contributed by atoms with Crippen molar-refractivity contribution in [2.45, 2.75) is 38.3 Å². The number of ether oxygens (including phenoxy) is 1. The summed E-state index contributed by atoms with van der Waals surface area (Å²) >= 11 is 0. The number of nitrogens with one attached hydrogen (secondary N) is 2. The van der Waals surface area contributed by atoms with Crippen LogP contribution in [0.3, 0.4) is 0 Å². The fourth-order valence-electron chi connectivity index (χ4n) is 3.30. The molecule has 1 saturated carbocycles. The standard InChI is InChI=1S/C21H21F3N2O2/c22-21(23,24)15-5-1-13(2-6-15)9-10-28-16-7-8-18-17(11-16)19(12-25-18)26-20(27)14-3-4-14/h1,5,7-8,11-12,14,25H,2-4,6,9-10H2,(H,26,27). The lowest BCUT2D eigenvalue weighted by atomic mass is 9.96. The van der Waals surface area contributed by atoms with E-state index >= 15 is 0 Å². The fourth-order valence-corrected chi connectivity index (χ4v) is 3.30. The molecule has 0 atom stereocenters. The minimum Gasteiger partial charge on any atom is -0.493 e. The van der Waals surface area contributed by atoms with Crippen molar-refractivity contribution in [3.8, 4) is 5.75 Å². The number of halogens is 3. The van der Waals surface area contributed by atoms with Gasteiger partial charge in [-0.2, -0.15) is 13.2 Å². The number of hydrogen-bond donors (Lipinski definition) is 2. The maximum absolute atomic E-state index is 12.7. The summed E-state index contributed by atoms with van der Waals surface area (Å²) in [4.78, 5) is 15.1. The van der Waals surface area contributed by atoms with E-state index in [-0.39, 0.29) is 18.2 Å². The van der Waals surface area contributed by atoms with Crippen molar-refractivity contribution < 1.29 is 22.7 Å². The number of allylic oxidation sites excluding steroid dienone is 3. The van der Waals surface area contributed by atoms with Gasteiger partial charge in [-0.25, -0.2) is 0 Å². The summed E-state index contributed by atoms with van der Waals surface area (Å²) in [6, 6.07) is 5.59. The van der Waals surface area contributed by atoms with Crippen LogP contribution < -0.4 is 10.1 Å². The van der Waals surface area contributed by atoms with E-state index in [0.717, 1.165) is 35.0 Å². The van der Waals surface area contributed by atoms with Gasteiger partial charge in [0.1, 0.15) is 5.75 Å². The summed E-state index contributed by atoms with van der Waals surface area (Å²) in [7, 11) is 0. The van der Waals surface area contributed by atoms with E-state index in [2.05, 4.69) is 10.3 Å². The molecule has 1 heterocycles.